The summed E-state index contributed by atoms with van der Waals surface area (Å²) in [7, 11) is 2.86. The fourth-order valence-corrected chi connectivity index (χ4v) is 4.40. The molecule has 1 atom stereocenters. The van der Waals surface area contributed by atoms with Gasteiger partial charge in [0.1, 0.15) is 5.75 Å². The van der Waals surface area contributed by atoms with Crippen molar-refractivity contribution in [2.24, 2.45) is 7.05 Å². The van der Waals surface area contributed by atoms with Crippen molar-refractivity contribution < 1.29 is 14.6 Å². The van der Waals surface area contributed by atoms with Gasteiger partial charge < -0.3 is 19.0 Å². The molecule has 3 aromatic rings. The lowest BCUT2D eigenvalue weighted by molar-refractivity contribution is -0.140. The monoisotopic (exact) mass is 408 g/mol. The fourth-order valence-electron chi connectivity index (χ4n) is 4.40. The fraction of sp³-hybridized carbons (Fsp3) is 0.348. The van der Waals surface area contributed by atoms with Gasteiger partial charge in [0.2, 0.25) is 0 Å². The number of aromatic nitrogens is 2. The van der Waals surface area contributed by atoms with Crippen LogP contribution in [0.3, 0.4) is 0 Å². The first-order valence-corrected chi connectivity index (χ1v) is 9.95. The van der Waals surface area contributed by atoms with Crippen molar-refractivity contribution in [2.75, 3.05) is 7.11 Å². The number of aromatic hydroxyl groups is 1. The third-order valence-corrected chi connectivity index (χ3v) is 6.06. The zero-order valence-corrected chi connectivity index (χ0v) is 17.3. The number of methoxy groups -OCH3 is 1. The quantitative estimate of drug-likeness (QED) is 0.670. The predicted molar refractivity (Wildman–Crippen MR) is 113 cm³/mol. The van der Waals surface area contributed by atoms with Crippen molar-refractivity contribution in [1.29, 1.82) is 0 Å². The molecule has 0 saturated heterocycles. The smallest absolute Gasteiger partial charge is 0.306 e. The minimum absolute atomic E-state index is 0.0321. The standard InChI is InChI=1S/C23H24N2O5/c1-13-10-18(26)20(23(29)24(13)2)16(12-19(27)30-3)17-11-15-7-4-6-14-8-5-9-25(21(14)15)22(17)28/h4,6-7,10-11,16,26H,5,8-9,12H2,1-3H3. The van der Waals surface area contributed by atoms with Crippen molar-refractivity contribution in [2.45, 2.75) is 38.6 Å². The first-order valence-electron chi connectivity index (χ1n) is 9.95. The van der Waals surface area contributed by atoms with Crippen LogP contribution in [0.4, 0.5) is 0 Å². The number of esters is 1. The van der Waals surface area contributed by atoms with Gasteiger partial charge in [0.25, 0.3) is 11.1 Å². The van der Waals surface area contributed by atoms with Crippen molar-refractivity contribution in [3.05, 3.63) is 73.4 Å². The van der Waals surface area contributed by atoms with E-state index >= 15 is 0 Å². The molecule has 0 amide bonds. The average Bonchev–Trinajstić information content (AvgIpc) is 2.73. The van der Waals surface area contributed by atoms with Crippen LogP contribution >= 0.6 is 0 Å². The molecule has 0 bridgehead atoms. The second kappa shape index (κ2) is 7.48. The van der Waals surface area contributed by atoms with Crippen molar-refractivity contribution in [3.63, 3.8) is 0 Å². The minimum Gasteiger partial charge on any atom is -0.507 e. The van der Waals surface area contributed by atoms with Crippen molar-refractivity contribution in [3.8, 4) is 5.75 Å². The molecule has 0 aliphatic carbocycles. The summed E-state index contributed by atoms with van der Waals surface area (Å²) < 4.78 is 7.96. The van der Waals surface area contributed by atoms with Crippen LogP contribution < -0.4 is 11.1 Å². The Morgan fingerprint density at radius 3 is 2.73 bits per heavy atom. The number of nitrogens with zero attached hydrogens (tertiary/aromatic N) is 2. The highest BCUT2D eigenvalue weighted by molar-refractivity contribution is 5.84. The molecule has 4 rings (SSSR count). The van der Waals surface area contributed by atoms with E-state index in [-0.39, 0.29) is 23.3 Å². The number of rotatable bonds is 4. The SMILES string of the molecule is COC(=O)CC(c1c(O)cc(C)n(C)c1=O)c1cc2cccc3c2n(c1=O)CCC3. The first kappa shape index (κ1) is 19.9. The molecule has 3 heterocycles. The summed E-state index contributed by atoms with van der Waals surface area (Å²) in [5, 5.41) is 11.5. The third-order valence-electron chi connectivity index (χ3n) is 6.06. The highest BCUT2D eigenvalue weighted by Crippen LogP contribution is 2.33. The highest BCUT2D eigenvalue weighted by Gasteiger charge is 2.30. The van der Waals surface area contributed by atoms with Crippen molar-refractivity contribution >= 4 is 16.9 Å². The summed E-state index contributed by atoms with van der Waals surface area (Å²) in [5.74, 6) is -1.70. The second-order valence-electron chi connectivity index (χ2n) is 7.80. The van der Waals surface area contributed by atoms with E-state index in [1.807, 2.05) is 18.2 Å². The van der Waals surface area contributed by atoms with Crippen LogP contribution in [0.1, 0.15) is 41.1 Å². The topological polar surface area (TPSA) is 90.5 Å². The van der Waals surface area contributed by atoms with Crippen LogP contribution in [-0.4, -0.2) is 27.3 Å². The number of para-hydroxylation sites is 1. The maximum Gasteiger partial charge on any atom is 0.306 e. The minimum atomic E-state index is -0.914. The Kier molecular flexibility index (Phi) is 4.97. The normalized spacial score (nSPS) is 14.0. The second-order valence-corrected chi connectivity index (χ2v) is 7.80. The maximum absolute atomic E-state index is 13.5. The number of carbonyl (C=O) groups excluding carboxylic acids is 1. The number of hydrogen-bond acceptors (Lipinski definition) is 5. The predicted octanol–water partition coefficient (Wildman–Crippen LogP) is 2.36. The molecule has 0 fully saturated rings. The number of aryl methyl sites for hydroxylation is 3. The average molecular weight is 408 g/mol. The zero-order valence-electron chi connectivity index (χ0n) is 17.3. The molecule has 0 radical (unpaired) electrons. The Balaban J connectivity index is 2.03. The number of hydrogen-bond donors (Lipinski definition) is 1. The Bertz CT molecular complexity index is 1290. The largest absolute Gasteiger partial charge is 0.507 e. The van der Waals surface area contributed by atoms with Crippen LogP contribution in [0, 0.1) is 6.92 Å². The van der Waals surface area contributed by atoms with Crippen molar-refractivity contribution in [1.82, 2.24) is 9.13 Å². The van der Waals surface area contributed by atoms with Gasteiger partial charge in [-0.3, -0.25) is 14.4 Å². The Morgan fingerprint density at radius 1 is 1.23 bits per heavy atom. The number of carbonyl (C=O) groups is 1. The van der Waals surface area contributed by atoms with E-state index in [1.165, 1.54) is 17.7 Å². The Labute approximate surface area is 173 Å². The molecule has 1 aliphatic rings. The molecule has 7 nitrogen and oxygen atoms in total. The van der Waals surface area contributed by atoms with Gasteiger partial charge in [-0.1, -0.05) is 18.2 Å². The number of ether oxygens (including phenoxy) is 1. The van der Waals surface area contributed by atoms with Crippen LogP contribution in [0.5, 0.6) is 5.75 Å². The van der Waals surface area contributed by atoms with Crippen LogP contribution in [0.2, 0.25) is 0 Å². The summed E-state index contributed by atoms with van der Waals surface area (Å²) in [4.78, 5) is 38.7. The lowest BCUT2D eigenvalue weighted by atomic mass is 9.87. The maximum atomic E-state index is 13.5. The molecule has 0 spiro atoms. The lowest BCUT2D eigenvalue weighted by Crippen LogP contribution is -2.32. The van der Waals surface area contributed by atoms with Gasteiger partial charge in [-0.25, -0.2) is 0 Å². The van der Waals surface area contributed by atoms with Gasteiger partial charge in [0.05, 0.1) is 24.6 Å². The van der Waals surface area contributed by atoms with Gasteiger partial charge in [0, 0.05) is 30.8 Å². The van der Waals surface area contributed by atoms with E-state index in [2.05, 4.69) is 0 Å². The summed E-state index contributed by atoms with van der Waals surface area (Å²) >= 11 is 0. The molecule has 7 heteroatoms. The molecular weight excluding hydrogens is 384 g/mol. The molecule has 2 aromatic heterocycles. The van der Waals surface area contributed by atoms with Crippen LogP contribution in [0.25, 0.3) is 10.9 Å². The highest BCUT2D eigenvalue weighted by atomic mass is 16.5. The summed E-state index contributed by atoms with van der Waals surface area (Å²) in [6.07, 6.45) is 1.53. The van der Waals surface area contributed by atoms with Gasteiger partial charge in [-0.15, -0.1) is 0 Å². The van der Waals surface area contributed by atoms with E-state index in [9.17, 15) is 19.5 Å². The Morgan fingerprint density at radius 2 is 2.00 bits per heavy atom. The molecular formula is C23H24N2O5. The zero-order chi connectivity index (χ0) is 21.6. The number of benzene rings is 1. The van der Waals surface area contributed by atoms with Gasteiger partial charge in [0.15, 0.2) is 0 Å². The molecule has 1 unspecified atom stereocenters. The summed E-state index contributed by atoms with van der Waals surface area (Å²) in [6, 6.07) is 9.10. The summed E-state index contributed by atoms with van der Waals surface area (Å²) in [5.41, 5.74) is 2.25. The molecule has 1 aliphatic heterocycles. The first-order chi connectivity index (χ1) is 14.3. The van der Waals surface area contributed by atoms with E-state index in [0.717, 1.165) is 29.3 Å². The van der Waals surface area contributed by atoms with Gasteiger partial charge >= 0.3 is 5.97 Å². The van der Waals surface area contributed by atoms with E-state index in [4.69, 9.17) is 4.74 Å². The molecule has 1 aromatic carbocycles. The third kappa shape index (κ3) is 3.10. The molecule has 1 N–H and O–H groups in total. The van der Waals surface area contributed by atoms with E-state index < -0.39 is 17.4 Å². The molecule has 0 saturated carbocycles. The molecule has 30 heavy (non-hydrogen) atoms. The molecule has 156 valence electrons. The van der Waals surface area contributed by atoms with E-state index in [0.29, 0.717) is 17.8 Å². The van der Waals surface area contributed by atoms with Crippen LogP contribution in [0.15, 0.2) is 39.9 Å². The summed E-state index contributed by atoms with van der Waals surface area (Å²) in [6.45, 7) is 2.28. The van der Waals surface area contributed by atoms with Gasteiger partial charge in [-0.2, -0.15) is 0 Å². The number of pyridine rings is 2. The lowest BCUT2D eigenvalue weighted by Gasteiger charge is -2.24. The van der Waals surface area contributed by atoms with Crippen LogP contribution in [-0.2, 0) is 29.5 Å². The Hall–Kier alpha value is -3.35. The van der Waals surface area contributed by atoms with Gasteiger partial charge in [-0.05, 0) is 42.8 Å². The van der Waals surface area contributed by atoms with E-state index in [1.54, 1.807) is 24.6 Å².